The van der Waals surface area contributed by atoms with Gasteiger partial charge in [-0.1, -0.05) is 38.1 Å². The average molecular weight is 604 g/mol. The van der Waals surface area contributed by atoms with Crippen molar-refractivity contribution in [1.82, 2.24) is 34.2 Å². The van der Waals surface area contributed by atoms with Gasteiger partial charge in [-0.2, -0.15) is 0 Å². The summed E-state index contributed by atoms with van der Waals surface area (Å²) in [6, 6.07) is 9.01. The fourth-order valence-electron chi connectivity index (χ4n) is 7.39. The highest BCUT2D eigenvalue weighted by molar-refractivity contribution is 5.72. The minimum absolute atomic E-state index is 0.189. The molecule has 1 N–H and O–H groups in total. The number of nitrogens with one attached hydrogen (secondary N) is 1. The van der Waals surface area contributed by atoms with Crippen molar-refractivity contribution in [3.63, 3.8) is 0 Å². The van der Waals surface area contributed by atoms with Crippen LogP contribution in [0.25, 0.3) is 0 Å². The number of esters is 1. The molecule has 9 heteroatoms. The minimum Gasteiger partial charge on any atom is -0.466 e. The topological polar surface area (TPSA) is 82.5 Å². The van der Waals surface area contributed by atoms with Gasteiger partial charge in [0.15, 0.2) is 0 Å². The molecular formula is C35H53N7O2. The van der Waals surface area contributed by atoms with Crippen LogP contribution in [0.2, 0.25) is 0 Å². The molecule has 1 spiro atoms. The van der Waals surface area contributed by atoms with E-state index in [1.165, 1.54) is 58.3 Å². The van der Waals surface area contributed by atoms with E-state index in [4.69, 9.17) is 9.72 Å². The second-order valence-corrected chi connectivity index (χ2v) is 12.9. The molecule has 0 aliphatic carbocycles. The molecule has 0 amide bonds. The maximum atomic E-state index is 12.1. The summed E-state index contributed by atoms with van der Waals surface area (Å²) in [5, 5.41) is 0. The normalized spacial score (nSPS) is 17.3. The molecule has 240 valence electrons. The van der Waals surface area contributed by atoms with Crippen LogP contribution in [0.5, 0.6) is 0 Å². The zero-order valence-corrected chi connectivity index (χ0v) is 27.2. The Kier molecular flexibility index (Phi) is 11.6. The van der Waals surface area contributed by atoms with Crippen molar-refractivity contribution in [2.24, 2.45) is 5.41 Å². The first-order valence-corrected chi connectivity index (χ1v) is 16.9. The highest BCUT2D eigenvalue weighted by Gasteiger charge is 2.40. The first-order valence-electron chi connectivity index (χ1n) is 16.9. The third-order valence-electron chi connectivity index (χ3n) is 9.85. The molecule has 0 saturated carbocycles. The largest absolute Gasteiger partial charge is 0.466 e. The van der Waals surface area contributed by atoms with E-state index < -0.39 is 0 Å². The molecular weight excluding hydrogens is 550 g/mol. The monoisotopic (exact) mass is 603 g/mol. The number of piperidine rings is 1. The summed E-state index contributed by atoms with van der Waals surface area (Å²) in [7, 11) is 0. The second kappa shape index (κ2) is 15.8. The number of aromatic amines is 1. The predicted molar refractivity (Wildman–Crippen MR) is 174 cm³/mol. The Morgan fingerprint density at radius 2 is 1.80 bits per heavy atom. The molecule has 2 aliphatic heterocycles. The van der Waals surface area contributed by atoms with Gasteiger partial charge in [0.2, 0.25) is 0 Å². The highest BCUT2D eigenvalue weighted by atomic mass is 16.5. The van der Waals surface area contributed by atoms with Crippen molar-refractivity contribution in [3.8, 4) is 0 Å². The van der Waals surface area contributed by atoms with E-state index in [-0.39, 0.29) is 5.97 Å². The van der Waals surface area contributed by atoms with Crippen LogP contribution in [0.1, 0.15) is 82.1 Å². The van der Waals surface area contributed by atoms with Crippen molar-refractivity contribution < 1.29 is 9.53 Å². The summed E-state index contributed by atoms with van der Waals surface area (Å²) in [5.74, 6) is 1.82. The molecule has 3 aromatic rings. The number of carbonyl (C=O) groups excluding carboxylic acids is 1. The molecule has 0 radical (unpaired) electrons. The van der Waals surface area contributed by atoms with Crippen molar-refractivity contribution in [3.05, 3.63) is 71.8 Å². The van der Waals surface area contributed by atoms with Gasteiger partial charge in [-0.05, 0) is 88.2 Å². The summed E-state index contributed by atoms with van der Waals surface area (Å²) < 4.78 is 7.48. The fraction of sp³-hybridized carbons (Fsp3) is 0.629. The van der Waals surface area contributed by atoms with Crippen LogP contribution in [0, 0.1) is 5.41 Å². The van der Waals surface area contributed by atoms with Crippen LogP contribution < -0.4 is 0 Å². The lowest BCUT2D eigenvalue weighted by Crippen LogP contribution is -2.45. The van der Waals surface area contributed by atoms with Crippen molar-refractivity contribution in [1.29, 1.82) is 0 Å². The minimum atomic E-state index is -0.189. The number of rotatable bonds is 16. The zero-order chi connectivity index (χ0) is 30.8. The lowest BCUT2D eigenvalue weighted by Gasteiger charge is -2.42. The van der Waals surface area contributed by atoms with E-state index in [1.807, 2.05) is 31.5 Å². The first-order chi connectivity index (χ1) is 21.5. The predicted octanol–water partition coefficient (Wildman–Crippen LogP) is 5.28. The maximum absolute atomic E-state index is 12.1. The Bertz CT molecular complexity index is 1280. The third kappa shape index (κ3) is 8.79. The molecule has 5 rings (SSSR count). The maximum Gasteiger partial charge on any atom is 0.310 e. The Labute approximate surface area is 264 Å². The van der Waals surface area contributed by atoms with Crippen LogP contribution in [-0.2, 0) is 42.1 Å². The molecule has 44 heavy (non-hydrogen) atoms. The summed E-state index contributed by atoms with van der Waals surface area (Å²) >= 11 is 0. The number of hydrogen-bond donors (Lipinski definition) is 1. The summed E-state index contributed by atoms with van der Waals surface area (Å²) in [4.78, 5) is 32.4. The Balaban J connectivity index is 1.14. The Morgan fingerprint density at radius 1 is 1.00 bits per heavy atom. The van der Waals surface area contributed by atoms with Gasteiger partial charge in [0, 0.05) is 50.5 Å². The number of hydrogen-bond acceptors (Lipinski definition) is 7. The summed E-state index contributed by atoms with van der Waals surface area (Å²) in [6.07, 6.45) is 15.8. The number of carbonyl (C=O) groups is 1. The van der Waals surface area contributed by atoms with Gasteiger partial charge in [0.1, 0.15) is 11.6 Å². The first kappa shape index (κ1) is 32.4. The average Bonchev–Trinajstić information content (AvgIpc) is 3.78. The van der Waals surface area contributed by atoms with Gasteiger partial charge in [-0.25, -0.2) is 9.97 Å². The number of aryl methyl sites for hydroxylation is 1. The van der Waals surface area contributed by atoms with Crippen LogP contribution in [-0.4, -0.2) is 85.6 Å². The molecule has 4 heterocycles. The molecule has 2 aliphatic rings. The summed E-state index contributed by atoms with van der Waals surface area (Å²) in [5.41, 5.74) is 2.67. The van der Waals surface area contributed by atoms with E-state index in [1.54, 1.807) is 6.20 Å². The number of aromatic nitrogens is 4. The molecule has 2 aromatic heterocycles. The third-order valence-corrected chi connectivity index (χ3v) is 9.85. The van der Waals surface area contributed by atoms with Crippen molar-refractivity contribution in [2.75, 3.05) is 39.3 Å². The lowest BCUT2D eigenvalue weighted by molar-refractivity contribution is -0.142. The highest BCUT2D eigenvalue weighted by Crippen LogP contribution is 2.41. The van der Waals surface area contributed by atoms with Crippen molar-refractivity contribution >= 4 is 5.97 Å². The summed E-state index contributed by atoms with van der Waals surface area (Å²) in [6.45, 7) is 16.3. The number of benzene rings is 1. The molecule has 2 fully saturated rings. The smallest absolute Gasteiger partial charge is 0.310 e. The number of ether oxygens (including phenoxy) is 1. The van der Waals surface area contributed by atoms with Gasteiger partial charge >= 0.3 is 5.97 Å². The fourth-order valence-corrected chi connectivity index (χ4v) is 7.39. The Hall–Kier alpha value is -3.01. The van der Waals surface area contributed by atoms with E-state index in [0.717, 1.165) is 61.4 Å². The van der Waals surface area contributed by atoms with Crippen LogP contribution in [0.15, 0.2) is 49.1 Å². The molecule has 2 saturated heterocycles. The Morgan fingerprint density at radius 3 is 2.55 bits per heavy atom. The molecule has 0 atom stereocenters. The van der Waals surface area contributed by atoms with E-state index in [0.29, 0.717) is 25.0 Å². The van der Waals surface area contributed by atoms with Crippen LogP contribution in [0.4, 0.5) is 0 Å². The van der Waals surface area contributed by atoms with Gasteiger partial charge in [-0.15, -0.1) is 0 Å². The number of nitrogens with zero attached hydrogens (tertiary/aromatic N) is 6. The lowest BCUT2D eigenvalue weighted by atomic mass is 9.77. The zero-order valence-electron chi connectivity index (χ0n) is 27.2. The second-order valence-electron chi connectivity index (χ2n) is 12.9. The van der Waals surface area contributed by atoms with Crippen LogP contribution in [0.3, 0.4) is 0 Å². The molecule has 0 bridgehead atoms. The van der Waals surface area contributed by atoms with Crippen LogP contribution >= 0.6 is 0 Å². The van der Waals surface area contributed by atoms with Gasteiger partial charge in [0.25, 0.3) is 0 Å². The SMILES string of the molecule is CCOC(=O)Cc1cccc(CN(Cc2ncc[nH]2)Cc2nccn2CCCN2CCC3(CCN(C(CC)CC)CC3)C2)c1. The van der Waals surface area contributed by atoms with E-state index >= 15 is 0 Å². The van der Waals surface area contributed by atoms with E-state index in [9.17, 15) is 4.79 Å². The van der Waals surface area contributed by atoms with E-state index in [2.05, 4.69) is 61.4 Å². The quantitative estimate of drug-likeness (QED) is 0.223. The van der Waals surface area contributed by atoms with Gasteiger partial charge in [0.05, 0.1) is 26.1 Å². The number of H-pyrrole nitrogens is 1. The molecule has 0 unspecified atom stereocenters. The van der Waals surface area contributed by atoms with Crippen molar-refractivity contribution in [2.45, 2.75) is 97.9 Å². The van der Waals surface area contributed by atoms with Gasteiger partial charge in [-0.3, -0.25) is 9.69 Å². The standard InChI is InChI=1S/C35H53N7O2/c1-4-31(5-2)41-20-12-35(13-21-41)11-19-39(28-35)17-8-18-42-22-16-38-33(42)27-40(26-32-36-14-15-37-32)25-30-10-7-9-29(23-30)24-34(43)44-6-3/h7,9-10,14-16,22-23,31H,4-6,8,11-13,17-21,24-28H2,1-3H3,(H,36,37). The number of likely N-dealkylation sites (tertiary alicyclic amines) is 2. The van der Waals surface area contributed by atoms with Gasteiger partial charge < -0.3 is 24.1 Å². The molecule has 9 nitrogen and oxygen atoms in total. The molecule has 1 aromatic carbocycles. The number of imidazole rings is 2.